The van der Waals surface area contributed by atoms with Crippen LogP contribution >= 0.6 is 0 Å². The first kappa shape index (κ1) is 14.9. The van der Waals surface area contributed by atoms with E-state index >= 15 is 0 Å². The van der Waals surface area contributed by atoms with Crippen molar-refractivity contribution in [2.24, 2.45) is 11.7 Å². The molecule has 2 N–H and O–H groups in total. The van der Waals surface area contributed by atoms with Crippen molar-refractivity contribution in [1.82, 2.24) is 4.90 Å². The van der Waals surface area contributed by atoms with Crippen LogP contribution in [0.3, 0.4) is 0 Å². The summed E-state index contributed by atoms with van der Waals surface area (Å²) in [6.45, 7) is 12.2. The lowest BCUT2D eigenvalue weighted by Crippen LogP contribution is -2.35. The second kappa shape index (κ2) is 10.4. The fraction of sp³-hybridized carbons (Fsp3) is 1.00. The Morgan fingerprint density at radius 3 is 2.47 bits per heavy atom. The monoisotopic (exact) mass is 216 g/mol. The molecule has 0 saturated heterocycles. The summed E-state index contributed by atoms with van der Waals surface area (Å²) < 4.78 is 5.37. The van der Waals surface area contributed by atoms with Gasteiger partial charge >= 0.3 is 0 Å². The number of nitrogens with zero attached hydrogens (tertiary/aromatic N) is 1. The van der Waals surface area contributed by atoms with Gasteiger partial charge in [0.05, 0.1) is 6.61 Å². The Labute approximate surface area is 95.0 Å². The molecule has 3 heteroatoms. The van der Waals surface area contributed by atoms with E-state index in [1.54, 1.807) is 0 Å². The average Bonchev–Trinajstić information content (AvgIpc) is 2.26. The molecule has 0 spiro atoms. The molecule has 1 unspecified atom stereocenters. The molecule has 0 aliphatic rings. The third-order valence-corrected chi connectivity index (χ3v) is 2.75. The molecule has 0 aromatic heterocycles. The maximum absolute atomic E-state index is 5.76. The van der Waals surface area contributed by atoms with Crippen LogP contribution in [0.4, 0.5) is 0 Å². The predicted molar refractivity (Wildman–Crippen MR) is 66.1 cm³/mol. The highest BCUT2D eigenvalue weighted by Gasteiger charge is 2.10. The first-order chi connectivity index (χ1) is 7.28. The molecule has 0 aliphatic heterocycles. The van der Waals surface area contributed by atoms with Gasteiger partial charge in [0, 0.05) is 19.7 Å². The maximum Gasteiger partial charge on any atom is 0.0593 e. The minimum Gasteiger partial charge on any atom is -0.380 e. The zero-order chi connectivity index (χ0) is 11.5. The smallest absolute Gasteiger partial charge is 0.0593 e. The second-order valence-corrected chi connectivity index (χ2v) is 3.98. The van der Waals surface area contributed by atoms with Crippen LogP contribution in [0.15, 0.2) is 0 Å². The van der Waals surface area contributed by atoms with Gasteiger partial charge < -0.3 is 15.4 Å². The van der Waals surface area contributed by atoms with Gasteiger partial charge in [-0.3, -0.25) is 0 Å². The molecule has 0 radical (unpaired) electrons. The van der Waals surface area contributed by atoms with Crippen molar-refractivity contribution in [2.75, 3.05) is 39.4 Å². The Bertz CT molecular complexity index is 131. The number of nitrogens with two attached hydrogens (primary N) is 1. The highest BCUT2D eigenvalue weighted by atomic mass is 16.5. The Kier molecular flexibility index (Phi) is 10.3. The van der Waals surface area contributed by atoms with Crippen molar-refractivity contribution in [2.45, 2.75) is 33.6 Å². The normalized spacial score (nSPS) is 13.4. The van der Waals surface area contributed by atoms with E-state index in [1.807, 2.05) is 6.92 Å². The topological polar surface area (TPSA) is 38.5 Å². The van der Waals surface area contributed by atoms with Crippen LogP contribution in [0.1, 0.15) is 33.6 Å². The largest absolute Gasteiger partial charge is 0.380 e. The van der Waals surface area contributed by atoms with E-state index in [2.05, 4.69) is 18.7 Å². The molecule has 0 saturated carbocycles. The summed E-state index contributed by atoms with van der Waals surface area (Å²) >= 11 is 0. The molecule has 0 bridgehead atoms. The lowest BCUT2D eigenvalue weighted by molar-refractivity contribution is 0.108. The van der Waals surface area contributed by atoms with E-state index in [4.69, 9.17) is 10.5 Å². The minimum atomic E-state index is 0.650. The van der Waals surface area contributed by atoms with Crippen LogP contribution in [0.25, 0.3) is 0 Å². The molecule has 15 heavy (non-hydrogen) atoms. The van der Waals surface area contributed by atoms with Crippen LogP contribution < -0.4 is 5.73 Å². The first-order valence-electron chi connectivity index (χ1n) is 6.28. The lowest BCUT2D eigenvalue weighted by Gasteiger charge is -2.25. The summed E-state index contributed by atoms with van der Waals surface area (Å²) in [5, 5.41) is 0. The van der Waals surface area contributed by atoms with E-state index in [-0.39, 0.29) is 0 Å². The standard InChI is InChI=1S/C12H28N2O/c1-4-7-12(10-13)11-14(5-2)8-9-15-6-3/h12H,4-11,13H2,1-3H3. The van der Waals surface area contributed by atoms with Crippen molar-refractivity contribution in [3.63, 3.8) is 0 Å². The van der Waals surface area contributed by atoms with Gasteiger partial charge in [0.1, 0.15) is 0 Å². The highest BCUT2D eigenvalue weighted by Crippen LogP contribution is 2.06. The van der Waals surface area contributed by atoms with Gasteiger partial charge in [0.25, 0.3) is 0 Å². The molecule has 1 atom stereocenters. The van der Waals surface area contributed by atoms with Crippen LogP contribution in [0.5, 0.6) is 0 Å². The first-order valence-corrected chi connectivity index (χ1v) is 6.28. The van der Waals surface area contributed by atoms with Crippen molar-refractivity contribution in [3.05, 3.63) is 0 Å². The molecule has 0 amide bonds. The van der Waals surface area contributed by atoms with Gasteiger partial charge in [-0.15, -0.1) is 0 Å². The Balaban J connectivity index is 3.73. The Hall–Kier alpha value is -0.120. The van der Waals surface area contributed by atoms with Gasteiger partial charge in [0.15, 0.2) is 0 Å². The van der Waals surface area contributed by atoms with Crippen molar-refractivity contribution < 1.29 is 4.74 Å². The zero-order valence-corrected chi connectivity index (χ0v) is 10.7. The SMILES string of the molecule is CCCC(CN)CN(CC)CCOCC. The second-order valence-electron chi connectivity index (χ2n) is 3.98. The van der Waals surface area contributed by atoms with Crippen LogP contribution in [-0.4, -0.2) is 44.3 Å². The van der Waals surface area contributed by atoms with Crippen LogP contribution in [-0.2, 0) is 4.74 Å². The molecule has 0 aromatic rings. The van der Waals surface area contributed by atoms with Crippen LogP contribution in [0.2, 0.25) is 0 Å². The summed E-state index contributed by atoms with van der Waals surface area (Å²) in [6, 6.07) is 0. The van der Waals surface area contributed by atoms with Gasteiger partial charge in [-0.1, -0.05) is 20.3 Å². The quantitative estimate of drug-likeness (QED) is 0.565. The van der Waals surface area contributed by atoms with E-state index in [9.17, 15) is 0 Å². The van der Waals surface area contributed by atoms with Gasteiger partial charge in [-0.2, -0.15) is 0 Å². The third kappa shape index (κ3) is 7.77. The lowest BCUT2D eigenvalue weighted by atomic mass is 10.0. The third-order valence-electron chi connectivity index (χ3n) is 2.75. The van der Waals surface area contributed by atoms with Crippen LogP contribution in [0, 0.1) is 5.92 Å². The molecular formula is C12H28N2O. The van der Waals surface area contributed by atoms with Gasteiger partial charge in [0.2, 0.25) is 0 Å². The number of hydrogen-bond acceptors (Lipinski definition) is 3. The van der Waals surface area contributed by atoms with E-state index in [0.717, 1.165) is 39.4 Å². The minimum absolute atomic E-state index is 0.650. The maximum atomic E-state index is 5.76. The highest BCUT2D eigenvalue weighted by molar-refractivity contribution is 4.65. The van der Waals surface area contributed by atoms with Gasteiger partial charge in [-0.05, 0) is 32.4 Å². The predicted octanol–water partition coefficient (Wildman–Crippen LogP) is 1.72. The van der Waals surface area contributed by atoms with E-state index < -0.39 is 0 Å². The number of likely N-dealkylation sites (N-methyl/N-ethyl adjacent to an activating group) is 1. The molecule has 0 aliphatic carbocycles. The van der Waals surface area contributed by atoms with Crippen molar-refractivity contribution in [3.8, 4) is 0 Å². The molecule has 0 rings (SSSR count). The molecule has 0 aromatic carbocycles. The summed E-state index contributed by atoms with van der Waals surface area (Å²) in [7, 11) is 0. The summed E-state index contributed by atoms with van der Waals surface area (Å²) in [5.41, 5.74) is 5.76. The van der Waals surface area contributed by atoms with Crippen molar-refractivity contribution >= 4 is 0 Å². The number of rotatable bonds is 10. The summed E-state index contributed by atoms with van der Waals surface area (Å²) in [4.78, 5) is 2.43. The average molecular weight is 216 g/mol. The molecule has 3 nitrogen and oxygen atoms in total. The molecule has 92 valence electrons. The van der Waals surface area contributed by atoms with E-state index in [1.165, 1.54) is 12.8 Å². The number of ether oxygens (including phenoxy) is 1. The molecule has 0 fully saturated rings. The van der Waals surface area contributed by atoms with Gasteiger partial charge in [-0.25, -0.2) is 0 Å². The fourth-order valence-corrected chi connectivity index (χ4v) is 1.77. The summed E-state index contributed by atoms with van der Waals surface area (Å²) in [6.07, 6.45) is 2.46. The Morgan fingerprint density at radius 2 is 2.00 bits per heavy atom. The summed E-state index contributed by atoms with van der Waals surface area (Å²) in [5.74, 6) is 0.650. The molecule has 0 heterocycles. The fourth-order valence-electron chi connectivity index (χ4n) is 1.77. The van der Waals surface area contributed by atoms with Crippen molar-refractivity contribution in [1.29, 1.82) is 0 Å². The number of hydrogen-bond donors (Lipinski definition) is 1. The van der Waals surface area contributed by atoms with E-state index in [0.29, 0.717) is 5.92 Å². The zero-order valence-electron chi connectivity index (χ0n) is 10.7. The molecular weight excluding hydrogens is 188 g/mol. The Morgan fingerprint density at radius 1 is 1.27 bits per heavy atom.